The third-order valence-corrected chi connectivity index (χ3v) is 4.61. The minimum absolute atomic E-state index is 0.184. The van der Waals surface area contributed by atoms with Gasteiger partial charge in [0, 0.05) is 11.8 Å². The Labute approximate surface area is 107 Å². The highest BCUT2D eigenvalue weighted by Gasteiger charge is 2.50. The maximum atomic E-state index is 12.5. The summed E-state index contributed by atoms with van der Waals surface area (Å²) in [5.74, 6) is 0.133. The summed E-state index contributed by atoms with van der Waals surface area (Å²) in [7, 11) is 0. The van der Waals surface area contributed by atoms with Crippen molar-refractivity contribution in [3.63, 3.8) is 0 Å². The molecule has 0 radical (unpaired) electrons. The molecule has 0 spiro atoms. The predicted molar refractivity (Wildman–Crippen MR) is 69.2 cm³/mol. The lowest BCUT2D eigenvalue weighted by Gasteiger charge is -2.43. The van der Waals surface area contributed by atoms with Crippen LogP contribution >= 0.6 is 0 Å². The molecule has 2 aliphatic rings. The number of benzene rings is 1. The average molecular weight is 242 g/mol. The first-order valence-electron chi connectivity index (χ1n) is 6.82. The number of Topliss-reactive ketones (excluding diaryl/α,β-unsaturated/α-hetero) is 2. The van der Waals surface area contributed by atoms with E-state index >= 15 is 0 Å². The number of ketones is 2. The molecule has 2 nitrogen and oxygen atoms in total. The van der Waals surface area contributed by atoms with Gasteiger partial charge in [0.05, 0.1) is 5.92 Å². The second-order valence-electron chi connectivity index (χ2n) is 5.72. The highest BCUT2D eigenvalue weighted by Crippen LogP contribution is 2.46. The summed E-state index contributed by atoms with van der Waals surface area (Å²) in [6.07, 6.45) is 4.95. The SMILES string of the molecule is O=C1CCC2(Cc3ccccc3)CCCC1C2=O. The number of carbonyl (C=O) groups is 2. The van der Waals surface area contributed by atoms with Crippen LogP contribution in [0.1, 0.15) is 37.7 Å². The van der Waals surface area contributed by atoms with Gasteiger partial charge in [0.25, 0.3) is 0 Å². The molecule has 3 rings (SSSR count). The van der Waals surface area contributed by atoms with E-state index < -0.39 is 0 Å². The van der Waals surface area contributed by atoms with Crippen molar-refractivity contribution in [2.75, 3.05) is 0 Å². The van der Waals surface area contributed by atoms with E-state index in [-0.39, 0.29) is 22.9 Å². The van der Waals surface area contributed by atoms with Crippen molar-refractivity contribution in [3.05, 3.63) is 35.9 Å². The van der Waals surface area contributed by atoms with Crippen LogP contribution in [-0.2, 0) is 16.0 Å². The van der Waals surface area contributed by atoms with Crippen molar-refractivity contribution in [3.8, 4) is 0 Å². The second-order valence-corrected chi connectivity index (χ2v) is 5.72. The molecule has 0 saturated heterocycles. The van der Waals surface area contributed by atoms with E-state index in [0.717, 1.165) is 32.1 Å². The van der Waals surface area contributed by atoms with Crippen LogP contribution in [0.15, 0.2) is 30.3 Å². The molecular weight excluding hydrogens is 224 g/mol. The largest absolute Gasteiger partial charge is 0.299 e. The van der Waals surface area contributed by atoms with Crippen LogP contribution in [0.25, 0.3) is 0 Å². The van der Waals surface area contributed by atoms with Crippen LogP contribution < -0.4 is 0 Å². The number of hydrogen-bond donors (Lipinski definition) is 0. The molecule has 1 aromatic carbocycles. The minimum Gasteiger partial charge on any atom is -0.299 e. The Hall–Kier alpha value is -1.44. The summed E-state index contributed by atoms with van der Waals surface area (Å²) in [4.78, 5) is 24.3. The standard InChI is InChI=1S/C16H18O2/c17-14-8-10-16(9-4-7-13(14)15(16)18)11-12-5-2-1-3-6-12/h1-3,5-6,13H,4,7-11H2. The molecular formula is C16H18O2. The fourth-order valence-corrected chi connectivity index (χ4v) is 3.61. The monoisotopic (exact) mass is 242 g/mol. The summed E-state index contributed by atoms with van der Waals surface area (Å²) in [6, 6.07) is 10.2. The van der Waals surface area contributed by atoms with Crippen molar-refractivity contribution in [2.45, 2.75) is 38.5 Å². The summed E-state index contributed by atoms with van der Waals surface area (Å²) in [5.41, 5.74) is 0.985. The molecule has 1 aromatic rings. The molecule has 0 amide bonds. The number of rotatable bonds is 2. The quantitative estimate of drug-likeness (QED) is 0.747. The van der Waals surface area contributed by atoms with Crippen molar-refractivity contribution >= 4 is 11.6 Å². The first kappa shape index (κ1) is 11.6. The fourth-order valence-electron chi connectivity index (χ4n) is 3.61. The molecule has 2 bridgehead atoms. The molecule has 2 aliphatic carbocycles. The Bertz CT molecular complexity index is 477. The van der Waals surface area contributed by atoms with Crippen LogP contribution in [0.4, 0.5) is 0 Å². The minimum atomic E-state index is -0.281. The van der Waals surface area contributed by atoms with E-state index in [4.69, 9.17) is 0 Å². The maximum Gasteiger partial charge on any atom is 0.149 e. The molecule has 0 N–H and O–H groups in total. The molecule has 2 atom stereocenters. The predicted octanol–water partition coefficient (Wildman–Crippen LogP) is 2.95. The van der Waals surface area contributed by atoms with Gasteiger partial charge in [-0.2, -0.15) is 0 Å². The van der Waals surface area contributed by atoms with Crippen molar-refractivity contribution in [1.82, 2.24) is 0 Å². The van der Waals surface area contributed by atoms with Gasteiger partial charge in [0.2, 0.25) is 0 Å². The van der Waals surface area contributed by atoms with Crippen molar-refractivity contribution in [1.29, 1.82) is 0 Å². The smallest absolute Gasteiger partial charge is 0.149 e. The van der Waals surface area contributed by atoms with Gasteiger partial charge in [-0.15, -0.1) is 0 Å². The first-order chi connectivity index (χ1) is 8.71. The zero-order chi connectivity index (χ0) is 12.6. The highest BCUT2D eigenvalue weighted by atomic mass is 16.2. The lowest BCUT2D eigenvalue weighted by Crippen LogP contribution is -2.48. The Morgan fingerprint density at radius 3 is 2.67 bits per heavy atom. The molecule has 0 aliphatic heterocycles. The fraction of sp³-hybridized carbons (Fsp3) is 0.500. The van der Waals surface area contributed by atoms with E-state index in [9.17, 15) is 9.59 Å². The Morgan fingerprint density at radius 1 is 1.11 bits per heavy atom. The number of carbonyl (C=O) groups excluding carboxylic acids is 2. The van der Waals surface area contributed by atoms with Gasteiger partial charge in [0.15, 0.2) is 0 Å². The van der Waals surface area contributed by atoms with Crippen molar-refractivity contribution in [2.24, 2.45) is 11.3 Å². The van der Waals surface area contributed by atoms with E-state index in [1.807, 2.05) is 18.2 Å². The number of hydrogen-bond acceptors (Lipinski definition) is 2. The molecule has 2 fully saturated rings. The van der Waals surface area contributed by atoms with Crippen LogP contribution in [0, 0.1) is 11.3 Å². The van der Waals surface area contributed by atoms with E-state index in [1.165, 1.54) is 5.56 Å². The van der Waals surface area contributed by atoms with Crippen LogP contribution in [0.5, 0.6) is 0 Å². The summed E-state index contributed by atoms with van der Waals surface area (Å²) in [6.45, 7) is 0. The lowest BCUT2D eigenvalue weighted by atomic mass is 9.58. The van der Waals surface area contributed by atoms with Gasteiger partial charge in [-0.1, -0.05) is 36.8 Å². The van der Waals surface area contributed by atoms with Gasteiger partial charge in [0.1, 0.15) is 11.6 Å². The van der Waals surface area contributed by atoms with Gasteiger partial charge >= 0.3 is 0 Å². The molecule has 0 aromatic heterocycles. The lowest BCUT2D eigenvalue weighted by molar-refractivity contribution is -0.148. The zero-order valence-electron chi connectivity index (χ0n) is 10.5. The van der Waals surface area contributed by atoms with Gasteiger partial charge in [-0.3, -0.25) is 9.59 Å². The van der Waals surface area contributed by atoms with Crippen molar-refractivity contribution < 1.29 is 9.59 Å². The Kier molecular flexibility index (Phi) is 2.81. The van der Waals surface area contributed by atoms with Gasteiger partial charge < -0.3 is 0 Å². The molecule has 2 unspecified atom stereocenters. The zero-order valence-corrected chi connectivity index (χ0v) is 10.5. The topological polar surface area (TPSA) is 34.1 Å². The third kappa shape index (κ3) is 1.80. The van der Waals surface area contributed by atoms with Crippen LogP contribution in [0.2, 0.25) is 0 Å². The molecule has 2 heteroatoms. The Morgan fingerprint density at radius 2 is 1.89 bits per heavy atom. The molecule has 0 heterocycles. The normalized spacial score (nSPS) is 31.4. The van der Waals surface area contributed by atoms with Gasteiger partial charge in [-0.05, 0) is 31.2 Å². The number of fused-ring (bicyclic) bond motifs is 2. The second kappa shape index (κ2) is 4.34. The molecule has 94 valence electrons. The first-order valence-corrected chi connectivity index (χ1v) is 6.82. The molecule has 18 heavy (non-hydrogen) atoms. The van der Waals surface area contributed by atoms with Crippen LogP contribution in [-0.4, -0.2) is 11.6 Å². The molecule has 2 saturated carbocycles. The Balaban J connectivity index is 1.89. The van der Waals surface area contributed by atoms with Crippen LogP contribution in [0.3, 0.4) is 0 Å². The highest BCUT2D eigenvalue weighted by molar-refractivity contribution is 6.07. The summed E-state index contributed by atoms with van der Waals surface area (Å²) in [5, 5.41) is 0. The van der Waals surface area contributed by atoms with E-state index in [2.05, 4.69) is 12.1 Å². The maximum absolute atomic E-state index is 12.5. The van der Waals surface area contributed by atoms with E-state index in [1.54, 1.807) is 0 Å². The third-order valence-electron chi connectivity index (χ3n) is 4.61. The van der Waals surface area contributed by atoms with Gasteiger partial charge in [-0.25, -0.2) is 0 Å². The summed E-state index contributed by atoms with van der Waals surface area (Å²) < 4.78 is 0. The van der Waals surface area contributed by atoms with E-state index in [0.29, 0.717) is 6.42 Å². The average Bonchev–Trinajstić information content (AvgIpc) is 2.38. The summed E-state index contributed by atoms with van der Waals surface area (Å²) >= 11 is 0.